The van der Waals surface area contributed by atoms with Crippen molar-refractivity contribution < 1.29 is 0 Å². The maximum atomic E-state index is 7.89. The Bertz CT molecular complexity index is 468. The first-order valence-electron chi connectivity index (χ1n) is 6.74. The second-order valence-corrected chi connectivity index (χ2v) is 5.77. The second kappa shape index (κ2) is 6.23. The number of nitrogens with two attached hydrogens (primary N) is 1. The number of nitrogens with one attached hydrogen (secondary N) is 1. The van der Waals surface area contributed by atoms with Crippen LogP contribution in [0.3, 0.4) is 0 Å². The Morgan fingerprint density at radius 3 is 2.47 bits per heavy atom. The number of rotatable bonds is 4. The highest BCUT2D eigenvalue weighted by Gasteiger charge is 2.22. The minimum Gasteiger partial charge on any atom is -0.384 e. The van der Waals surface area contributed by atoms with Gasteiger partial charge in [-0.25, -0.2) is 0 Å². The zero-order valence-electron chi connectivity index (χ0n) is 11.6. The fraction of sp³-hybridized carbons (Fsp3) is 0.615. The summed E-state index contributed by atoms with van der Waals surface area (Å²) in [6.07, 6.45) is 1.66. The normalized spacial score (nSPS) is 15.6. The molecular weight excluding hydrogens is 258 g/mol. The average Bonchev–Trinajstić information content (AvgIpc) is 2.46. The van der Waals surface area contributed by atoms with E-state index in [0.29, 0.717) is 0 Å². The number of nitrogen functional groups attached to an aromatic ring is 1. The van der Waals surface area contributed by atoms with Crippen LogP contribution in [0.2, 0.25) is 0 Å². The van der Waals surface area contributed by atoms with E-state index in [4.69, 9.17) is 11.1 Å². The summed E-state index contributed by atoms with van der Waals surface area (Å²) in [5.74, 6) is 3.09. The molecule has 1 fully saturated rings. The molecule has 2 rings (SSSR count). The van der Waals surface area contributed by atoms with Crippen LogP contribution in [0.1, 0.15) is 30.7 Å². The topological polar surface area (TPSA) is 78.9 Å². The lowest BCUT2D eigenvalue weighted by Gasteiger charge is -2.29. The summed E-state index contributed by atoms with van der Waals surface area (Å²) in [5.41, 5.74) is 8.64. The van der Waals surface area contributed by atoms with Crippen molar-refractivity contribution in [3.8, 4) is 0 Å². The molecule has 0 atom stereocenters. The van der Waals surface area contributed by atoms with Crippen LogP contribution in [0.4, 0.5) is 5.82 Å². The van der Waals surface area contributed by atoms with Crippen molar-refractivity contribution >= 4 is 23.4 Å². The van der Waals surface area contributed by atoms with Gasteiger partial charge in [-0.1, -0.05) is 13.8 Å². The number of aryl methyl sites for hydroxylation is 1. The zero-order valence-corrected chi connectivity index (χ0v) is 12.4. The largest absolute Gasteiger partial charge is 0.384 e. The molecule has 0 aromatic carbocycles. The van der Waals surface area contributed by atoms with Gasteiger partial charge in [0, 0.05) is 24.6 Å². The van der Waals surface area contributed by atoms with Gasteiger partial charge in [0.2, 0.25) is 0 Å². The molecule has 1 aromatic heterocycles. The van der Waals surface area contributed by atoms with E-state index in [1.165, 1.54) is 0 Å². The lowest BCUT2D eigenvalue weighted by atomic mass is 10.0. The molecule has 5 nitrogen and oxygen atoms in total. The van der Waals surface area contributed by atoms with E-state index in [-0.39, 0.29) is 5.84 Å². The zero-order chi connectivity index (χ0) is 13.8. The minimum atomic E-state index is 0.106. The first-order valence-corrected chi connectivity index (χ1v) is 7.90. The smallest absolute Gasteiger partial charge is 0.162 e. The molecular formula is C13H21N5S. The molecule has 0 radical (unpaired) electrons. The third-order valence-electron chi connectivity index (χ3n) is 3.41. The van der Waals surface area contributed by atoms with Crippen molar-refractivity contribution in [1.82, 2.24) is 10.2 Å². The van der Waals surface area contributed by atoms with Crippen LogP contribution in [-0.2, 0) is 12.8 Å². The van der Waals surface area contributed by atoms with Gasteiger partial charge >= 0.3 is 0 Å². The number of anilines is 1. The van der Waals surface area contributed by atoms with E-state index in [0.717, 1.165) is 60.1 Å². The molecule has 6 heteroatoms. The molecule has 0 amide bonds. The monoisotopic (exact) mass is 279 g/mol. The van der Waals surface area contributed by atoms with Crippen LogP contribution in [0, 0.1) is 5.41 Å². The SMILES string of the molecule is CCc1nnc(N2CCSCC2)c(C(=N)N)c1CC. The number of nitrogens with zero attached hydrogens (tertiary/aromatic N) is 3. The molecule has 0 aliphatic carbocycles. The highest BCUT2D eigenvalue weighted by molar-refractivity contribution is 7.99. The first kappa shape index (κ1) is 14.1. The molecule has 1 aliphatic rings. The van der Waals surface area contributed by atoms with Gasteiger partial charge in [-0.05, 0) is 18.4 Å². The average molecular weight is 279 g/mol. The van der Waals surface area contributed by atoms with Crippen molar-refractivity contribution in [1.29, 1.82) is 5.41 Å². The fourth-order valence-electron chi connectivity index (χ4n) is 2.44. The quantitative estimate of drug-likeness (QED) is 0.644. The van der Waals surface area contributed by atoms with Gasteiger partial charge in [-0.3, -0.25) is 5.41 Å². The summed E-state index contributed by atoms with van der Waals surface area (Å²) in [4.78, 5) is 2.21. The number of aromatic nitrogens is 2. The Balaban J connectivity index is 2.50. The number of hydrogen-bond acceptors (Lipinski definition) is 5. The number of thioether (sulfide) groups is 1. The lowest BCUT2D eigenvalue weighted by Crippen LogP contribution is -2.36. The Morgan fingerprint density at radius 1 is 1.26 bits per heavy atom. The van der Waals surface area contributed by atoms with Crippen molar-refractivity contribution in [3.63, 3.8) is 0 Å². The summed E-state index contributed by atoms with van der Waals surface area (Å²) >= 11 is 1.95. The van der Waals surface area contributed by atoms with Crippen LogP contribution in [0.25, 0.3) is 0 Å². The third kappa shape index (κ3) is 2.83. The lowest BCUT2D eigenvalue weighted by molar-refractivity contribution is 0.791. The van der Waals surface area contributed by atoms with E-state index in [2.05, 4.69) is 28.9 Å². The second-order valence-electron chi connectivity index (χ2n) is 4.54. The molecule has 0 unspecified atom stereocenters. The Morgan fingerprint density at radius 2 is 1.95 bits per heavy atom. The third-order valence-corrected chi connectivity index (χ3v) is 4.35. The molecule has 19 heavy (non-hydrogen) atoms. The van der Waals surface area contributed by atoms with E-state index < -0.39 is 0 Å². The Hall–Kier alpha value is -1.30. The molecule has 104 valence electrons. The van der Waals surface area contributed by atoms with E-state index >= 15 is 0 Å². The molecule has 0 spiro atoms. The van der Waals surface area contributed by atoms with Gasteiger partial charge < -0.3 is 10.6 Å². The standard InChI is InChI=1S/C13H21N5S/c1-3-9-10(4-2)16-17-13(11(9)12(14)15)18-5-7-19-8-6-18/h3-8H2,1-2H3,(H3,14,15). The van der Waals surface area contributed by atoms with Crippen LogP contribution in [0.5, 0.6) is 0 Å². The molecule has 0 saturated carbocycles. The van der Waals surface area contributed by atoms with Gasteiger partial charge in [0.15, 0.2) is 5.82 Å². The van der Waals surface area contributed by atoms with Crippen molar-refractivity contribution in [2.45, 2.75) is 26.7 Å². The van der Waals surface area contributed by atoms with E-state index in [9.17, 15) is 0 Å². The van der Waals surface area contributed by atoms with Crippen LogP contribution < -0.4 is 10.6 Å². The van der Waals surface area contributed by atoms with Gasteiger partial charge in [0.25, 0.3) is 0 Å². The van der Waals surface area contributed by atoms with Gasteiger partial charge in [-0.2, -0.15) is 16.9 Å². The summed E-state index contributed by atoms with van der Waals surface area (Å²) in [7, 11) is 0. The van der Waals surface area contributed by atoms with Crippen LogP contribution in [-0.4, -0.2) is 40.6 Å². The summed E-state index contributed by atoms with van der Waals surface area (Å²) in [6, 6.07) is 0. The first-order chi connectivity index (χ1) is 9.19. The van der Waals surface area contributed by atoms with E-state index in [1.54, 1.807) is 0 Å². The molecule has 1 saturated heterocycles. The van der Waals surface area contributed by atoms with Gasteiger partial charge in [0.05, 0.1) is 11.3 Å². The van der Waals surface area contributed by atoms with Crippen LogP contribution >= 0.6 is 11.8 Å². The number of amidine groups is 1. The highest BCUT2D eigenvalue weighted by atomic mass is 32.2. The highest BCUT2D eigenvalue weighted by Crippen LogP contribution is 2.25. The predicted octanol–water partition coefficient (Wildman–Crippen LogP) is 1.44. The Labute approximate surface area is 118 Å². The molecule has 1 aliphatic heterocycles. The predicted molar refractivity (Wildman–Crippen MR) is 81.3 cm³/mol. The maximum absolute atomic E-state index is 7.89. The van der Waals surface area contributed by atoms with Crippen molar-refractivity contribution in [3.05, 3.63) is 16.8 Å². The summed E-state index contributed by atoms with van der Waals surface area (Å²) in [5, 5.41) is 16.6. The maximum Gasteiger partial charge on any atom is 0.162 e. The van der Waals surface area contributed by atoms with Crippen molar-refractivity contribution in [2.24, 2.45) is 5.73 Å². The van der Waals surface area contributed by atoms with Gasteiger partial charge in [-0.15, -0.1) is 5.10 Å². The molecule has 1 aromatic rings. The molecule has 3 N–H and O–H groups in total. The summed E-state index contributed by atoms with van der Waals surface area (Å²) in [6.45, 7) is 6.05. The fourth-order valence-corrected chi connectivity index (χ4v) is 3.34. The number of hydrogen-bond donors (Lipinski definition) is 2. The molecule has 0 bridgehead atoms. The van der Waals surface area contributed by atoms with E-state index in [1.807, 2.05) is 11.8 Å². The van der Waals surface area contributed by atoms with Gasteiger partial charge in [0.1, 0.15) is 5.84 Å². The minimum absolute atomic E-state index is 0.106. The van der Waals surface area contributed by atoms with Crippen molar-refractivity contribution in [2.75, 3.05) is 29.5 Å². The Kier molecular flexibility index (Phi) is 4.63. The molecule has 2 heterocycles. The van der Waals surface area contributed by atoms with Crippen LogP contribution in [0.15, 0.2) is 0 Å². The summed E-state index contributed by atoms with van der Waals surface area (Å²) < 4.78 is 0.